The van der Waals surface area contributed by atoms with Gasteiger partial charge >= 0.3 is 6.18 Å². The van der Waals surface area contributed by atoms with E-state index in [1.165, 1.54) is 12.1 Å². The highest BCUT2D eigenvalue weighted by Gasteiger charge is 2.32. The fraction of sp³-hybridized carbons (Fsp3) is 0.231. The van der Waals surface area contributed by atoms with Crippen LogP contribution in [-0.4, -0.2) is 18.6 Å². The molecule has 9 heteroatoms. The van der Waals surface area contributed by atoms with Crippen LogP contribution in [0.3, 0.4) is 0 Å². The molecule has 0 unspecified atom stereocenters. The molecule has 0 bridgehead atoms. The molecule has 0 spiro atoms. The van der Waals surface area contributed by atoms with Gasteiger partial charge in [0, 0.05) is 0 Å². The molecule has 0 aliphatic carbocycles. The Bertz CT molecular complexity index is 742. The minimum Gasteiger partial charge on any atom is -0.260 e. The number of nitrogens with zero attached hydrogens (tertiary/aromatic N) is 2. The van der Waals surface area contributed by atoms with E-state index >= 15 is 0 Å². The number of aromatic nitrogens is 2. The summed E-state index contributed by atoms with van der Waals surface area (Å²) in [4.78, 5) is -0.0435. The second kappa shape index (κ2) is 6.01. The molecule has 0 amide bonds. The van der Waals surface area contributed by atoms with Gasteiger partial charge in [-0.1, -0.05) is 17.7 Å². The van der Waals surface area contributed by atoms with Gasteiger partial charge in [0.15, 0.2) is 5.69 Å². The minimum absolute atomic E-state index is 0.0244. The van der Waals surface area contributed by atoms with Crippen LogP contribution >= 0.6 is 0 Å². The number of rotatable bonds is 4. The van der Waals surface area contributed by atoms with Crippen LogP contribution in [0.1, 0.15) is 17.0 Å². The van der Waals surface area contributed by atoms with Gasteiger partial charge in [-0.2, -0.15) is 26.7 Å². The Morgan fingerprint density at radius 2 is 1.68 bits per heavy atom. The molecule has 2 aromatic rings. The zero-order chi connectivity index (χ0) is 16.4. The van der Waals surface area contributed by atoms with Crippen LogP contribution < -0.4 is 0 Å². The van der Waals surface area contributed by atoms with Crippen molar-refractivity contribution in [2.45, 2.75) is 24.6 Å². The second-order valence-corrected chi connectivity index (χ2v) is 6.05. The first-order valence-electron chi connectivity index (χ1n) is 6.04. The molecule has 0 fully saturated rings. The molecule has 0 N–H and O–H groups in total. The average Bonchev–Trinajstić information content (AvgIpc) is 2.45. The highest BCUT2D eigenvalue weighted by atomic mass is 32.2. The van der Waals surface area contributed by atoms with E-state index < -0.39 is 28.6 Å². The number of benzene rings is 1. The Labute approximate surface area is 124 Å². The Kier molecular flexibility index (Phi) is 4.47. The summed E-state index contributed by atoms with van der Waals surface area (Å²) in [5, 5.41) is 6.28. The van der Waals surface area contributed by atoms with Crippen LogP contribution in [-0.2, 0) is 27.1 Å². The number of aryl methyl sites for hydroxylation is 1. The molecular formula is C13H11F3N2O3S. The second-order valence-electron chi connectivity index (χ2n) is 4.44. The normalized spacial score (nSPS) is 12.4. The molecule has 0 aliphatic rings. The van der Waals surface area contributed by atoms with E-state index in [1.807, 2.05) is 0 Å². The van der Waals surface area contributed by atoms with E-state index in [-0.39, 0.29) is 10.6 Å². The largest absolute Gasteiger partial charge is 0.435 e. The van der Waals surface area contributed by atoms with Crippen molar-refractivity contribution in [1.82, 2.24) is 10.2 Å². The van der Waals surface area contributed by atoms with Crippen molar-refractivity contribution in [3.8, 4) is 0 Å². The summed E-state index contributed by atoms with van der Waals surface area (Å²) < 4.78 is 65.5. The van der Waals surface area contributed by atoms with Crippen molar-refractivity contribution in [3.05, 3.63) is 53.3 Å². The van der Waals surface area contributed by atoms with Crippen molar-refractivity contribution in [2.24, 2.45) is 0 Å². The third-order valence-electron chi connectivity index (χ3n) is 2.68. The van der Waals surface area contributed by atoms with Gasteiger partial charge in [-0.15, -0.1) is 5.10 Å². The zero-order valence-corrected chi connectivity index (χ0v) is 12.1. The molecule has 0 radical (unpaired) electrons. The van der Waals surface area contributed by atoms with Gasteiger partial charge in [0.2, 0.25) is 0 Å². The summed E-state index contributed by atoms with van der Waals surface area (Å²) in [6.45, 7) is 1.30. The fourth-order valence-electron chi connectivity index (χ4n) is 1.50. The van der Waals surface area contributed by atoms with E-state index in [2.05, 4.69) is 10.2 Å². The first-order chi connectivity index (χ1) is 10.2. The highest BCUT2D eigenvalue weighted by Crippen LogP contribution is 2.26. The van der Waals surface area contributed by atoms with Crippen molar-refractivity contribution in [1.29, 1.82) is 0 Å². The van der Waals surface area contributed by atoms with Crippen LogP contribution in [0.15, 0.2) is 41.3 Å². The van der Waals surface area contributed by atoms with E-state index in [0.29, 0.717) is 6.07 Å². The number of halogens is 3. The molecule has 1 aromatic heterocycles. The summed E-state index contributed by atoms with van der Waals surface area (Å²) in [6, 6.07) is 7.69. The first-order valence-corrected chi connectivity index (χ1v) is 7.45. The van der Waals surface area contributed by atoms with Gasteiger partial charge in [-0.3, -0.25) is 4.18 Å². The van der Waals surface area contributed by atoms with Crippen LogP contribution in [0.4, 0.5) is 13.2 Å². The molecule has 0 saturated carbocycles. The quantitative estimate of drug-likeness (QED) is 0.805. The molecule has 0 aliphatic heterocycles. The van der Waals surface area contributed by atoms with Crippen LogP contribution in [0, 0.1) is 6.92 Å². The van der Waals surface area contributed by atoms with Crippen molar-refractivity contribution < 1.29 is 25.8 Å². The number of alkyl halides is 3. The summed E-state index contributed by atoms with van der Waals surface area (Å²) >= 11 is 0. The molecule has 5 nitrogen and oxygen atoms in total. The van der Waals surface area contributed by atoms with E-state index in [9.17, 15) is 21.6 Å². The summed E-state index contributed by atoms with van der Waals surface area (Å²) in [7, 11) is -4.00. The molecule has 1 heterocycles. The van der Waals surface area contributed by atoms with Gasteiger partial charge in [0.25, 0.3) is 10.1 Å². The summed E-state index contributed by atoms with van der Waals surface area (Å²) in [5.74, 6) is 0. The lowest BCUT2D eigenvalue weighted by molar-refractivity contribution is -0.141. The highest BCUT2D eigenvalue weighted by molar-refractivity contribution is 7.86. The van der Waals surface area contributed by atoms with Gasteiger partial charge in [-0.05, 0) is 31.2 Å². The zero-order valence-electron chi connectivity index (χ0n) is 11.3. The maximum absolute atomic E-state index is 12.3. The predicted octanol–water partition coefficient (Wildman–Crippen LogP) is 2.71. The predicted molar refractivity (Wildman–Crippen MR) is 70.2 cm³/mol. The third-order valence-corrected chi connectivity index (χ3v) is 3.96. The van der Waals surface area contributed by atoms with Crippen LogP contribution in [0.5, 0.6) is 0 Å². The smallest absolute Gasteiger partial charge is 0.260 e. The van der Waals surface area contributed by atoms with Gasteiger partial charge in [-0.25, -0.2) is 0 Å². The van der Waals surface area contributed by atoms with Crippen LogP contribution in [0.25, 0.3) is 0 Å². The Morgan fingerprint density at radius 1 is 1.05 bits per heavy atom. The van der Waals surface area contributed by atoms with Gasteiger partial charge in [0.1, 0.15) is 6.61 Å². The van der Waals surface area contributed by atoms with Crippen molar-refractivity contribution >= 4 is 10.1 Å². The molecule has 2 rings (SSSR count). The molecule has 0 saturated heterocycles. The summed E-state index contributed by atoms with van der Waals surface area (Å²) in [6.07, 6.45) is -4.60. The van der Waals surface area contributed by atoms with Crippen LogP contribution in [0.2, 0.25) is 0 Å². The third kappa shape index (κ3) is 4.01. The molecular weight excluding hydrogens is 321 g/mol. The molecule has 1 aromatic carbocycles. The molecule has 0 atom stereocenters. The lowest BCUT2D eigenvalue weighted by Crippen LogP contribution is -2.11. The van der Waals surface area contributed by atoms with E-state index in [4.69, 9.17) is 4.18 Å². The lowest BCUT2D eigenvalue weighted by atomic mass is 10.2. The van der Waals surface area contributed by atoms with Gasteiger partial charge in [0.05, 0.1) is 10.6 Å². The topological polar surface area (TPSA) is 69.2 Å². The first kappa shape index (κ1) is 16.4. The SMILES string of the molecule is Cc1ccc(S(=O)(=O)OCc2ccc(C(F)(F)F)nn2)cc1. The van der Waals surface area contributed by atoms with Crippen molar-refractivity contribution in [3.63, 3.8) is 0 Å². The summed E-state index contributed by atoms with van der Waals surface area (Å²) in [5.41, 5.74) is -0.297. The van der Waals surface area contributed by atoms with E-state index in [0.717, 1.165) is 11.6 Å². The fourth-order valence-corrected chi connectivity index (χ4v) is 2.38. The number of hydrogen-bond donors (Lipinski definition) is 0. The maximum atomic E-state index is 12.3. The minimum atomic E-state index is -4.60. The Balaban J connectivity index is 2.07. The maximum Gasteiger partial charge on any atom is 0.435 e. The van der Waals surface area contributed by atoms with Gasteiger partial charge < -0.3 is 0 Å². The molecule has 22 heavy (non-hydrogen) atoms. The average molecular weight is 332 g/mol. The standard InChI is InChI=1S/C13H11F3N2O3S/c1-9-2-5-11(6-3-9)22(19,20)21-8-10-4-7-12(18-17-10)13(14,15)16/h2-7H,8H2,1H3. The Morgan fingerprint density at radius 3 is 2.18 bits per heavy atom. The number of hydrogen-bond acceptors (Lipinski definition) is 5. The lowest BCUT2D eigenvalue weighted by Gasteiger charge is -2.07. The molecule has 118 valence electrons. The van der Waals surface area contributed by atoms with Crippen molar-refractivity contribution in [2.75, 3.05) is 0 Å². The Hall–Kier alpha value is -2.00. The monoisotopic (exact) mass is 332 g/mol. The van der Waals surface area contributed by atoms with E-state index in [1.54, 1.807) is 19.1 Å².